The average Bonchev–Trinajstić information content (AvgIpc) is 3.22. The summed E-state index contributed by atoms with van der Waals surface area (Å²) in [6, 6.07) is 15.5. The summed E-state index contributed by atoms with van der Waals surface area (Å²) in [5.41, 5.74) is 0.809. The normalized spacial score (nSPS) is 12.2. The van der Waals surface area contributed by atoms with E-state index in [-0.39, 0.29) is 28.5 Å². The van der Waals surface area contributed by atoms with Gasteiger partial charge < -0.3 is 19.8 Å². The molecule has 0 spiro atoms. The van der Waals surface area contributed by atoms with Gasteiger partial charge in [-0.3, -0.25) is 9.59 Å². The van der Waals surface area contributed by atoms with Gasteiger partial charge in [0.05, 0.1) is 16.6 Å². The smallest absolute Gasteiger partial charge is 0.266 e. The zero-order chi connectivity index (χ0) is 21.5. The summed E-state index contributed by atoms with van der Waals surface area (Å²) < 4.78 is 25.9. The highest BCUT2D eigenvalue weighted by Crippen LogP contribution is 2.34. The number of fused-ring (bicyclic) bond motifs is 2. The Bertz CT molecular complexity index is 1480. The number of anilines is 1. The van der Waals surface area contributed by atoms with E-state index in [0.29, 0.717) is 28.3 Å². The van der Waals surface area contributed by atoms with Crippen LogP contribution in [0.5, 0.6) is 11.5 Å². The van der Waals surface area contributed by atoms with Crippen LogP contribution in [0.3, 0.4) is 0 Å². The number of nitrogens with one attached hydrogen (secondary N) is 2. The van der Waals surface area contributed by atoms with E-state index in [1.54, 1.807) is 24.3 Å². The molecule has 154 valence electrons. The number of ether oxygens (including phenoxy) is 2. The van der Waals surface area contributed by atoms with Gasteiger partial charge in [-0.05, 0) is 54.7 Å². The Labute approximate surface area is 179 Å². The van der Waals surface area contributed by atoms with E-state index in [2.05, 4.69) is 10.3 Å². The summed E-state index contributed by atoms with van der Waals surface area (Å²) in [5, 5.41) is 3.05. The minimum absolute atomic E-state index is 0.0240. The number of hydrogen-bond donors (Lipinski definition) is 2. The predicted octanol–water partition coefficient (Wildman–Crippen LogP) is 4.17. The number of rotatable bonds is 3. The van der Waals surface area contributed by atoms with Crippen molar-refractivity contribution in [3.8, 4) is 17.2 Å². The van der Waals surface area contributed by atoms with Crippen molar-refractivity contribution in [1.82, 2.24) is 9.55 Å². The molecule has 0 unspecified atom stereocenters. The monoisotopic (exact) mass is 435 g/mol. The number of halogens is 1. The molecule has 4 aromatic rings. The van der Waals surface area contributed by atoms with Gasteiger partial charge in [-0.25, -0.2) is 8.96 Å². The van der Waals surface area contributed by atoms with Crippen LogP contribution in [-0.2, 0) is 0 Å². The van der Waals surface area contributed by atoms with Gasteiger partial charge in [0, 0.05) is 17.3 Å². The number of amides is 1. The number of hydrogen-bond acceptors (Lipinski definition) is 5. The standard InChI is InChI=1S/C22H14FN3O4S/c23-15-3-1-2-4-17(15)26-21(28)14-7-5-12(9-16(14)25-22(26)31)20(27)24-13-6-8-18-19(10-13)30-11-29-18/h1-10H,11H2,(H,24,27)(H,25,31). The van der Waals surface area contributed by atoms with Crippen molar-refractivity contribution in [3.63, 3.8) is 0 Å². The topological polar surface area (TPSA) is 85.3 Å². The van der Waals surface area contributed by atoms with Crippen LogP contribution in [-0.4, -0.2) is 22.3 Å². The lowest BCUT2D eigenvalue weighted by molar-refractivity contribution is 0.102. The fourth-order valence-corrected chi connectivity index (χ4v) is 3.68. The van der Waals surface area contributed by atoms with Crippen LogP contribution >= 0.6 is 12.2 Å². The summed E-state index contributed by atoms with van der Waals surface area (Å²) in [6.45, 7) is 0.140. The zero-order valence-electron chi connectivity index (χ0n) is 15.8. The molecule has 1 aliphatic rings. The van der Waals surface area contributed by atoms with Crippen LogP contribution in [0.2, 0.25) is 0 Å². The number of nitrogens with zero attached hydrogens (tertiary/aromatic N) is 1. The lowest BCUT2D eigenvalue weighted by Gasteiger charge is -2.10. The molecule has 5 rings (SSSR count). The Morgan fingerprint density at radius 2 is 1.87 bits per heavy atom. The molecule has 1 aromatic heterocycles. The number of H-pyrrole nitrogens is 1. The maximum Gasteiger partial charge on any atom is 0.266 e. The van der Waals surface area contributed by atoms with Crippen molar-refractivity contribution < 1.29 is 18.7 Å². The lowest BCUT2D eigenvalue weighted by Crippen LogP contribution is -2.22. The number of para-hydroxylation sites is 1. The summed E-state index contributed by atoms with van der Waals surface area (Å²) in [5.74, 6) is 0.220. The van der Waals surface area contributed by atoms with Crippen molar-refractivity contribution in [1.29, 1.82) is 0 Å². The predicted molar refractivity (Wildman–Crippen MR) is 115 cm³/mol. The molecule has 0 fully saturated rings. The van der Waals surface area contributed by atoms with Crippen LogP contribution in [0.15, 0.2) is 65.5 Å². The van der Waals surface area contributed by atoms with Crippen LogP contribution in [0.1, 0.15) is 10.4 Å². The highest BCUT2D eigenvalue weighted by atomic mass is 32.1. The van der Waals surface area contributed by atoms with Crippen molar-refractivity contribution in [2.75, 3.05) is 12.1 Å². The van der Waals surface area contributed by atoms with Crippen LogP contribution in [0.4, 0.5) is 10.1 Å². The van der Waals surface area contributed by atoms with E-state index in [0.717, 1.165) is 4.57 Å². The van der Waals surface area contributed by atoms with Gasteiger partial charge >= 0.3 is 0 Å². The van der Waals surface area contributed by atoms with Crippen molar-refractivity contribution in [2.24, 2.45) is 0 Å². The Morgan fingerprint density at radius 3 is 2.71 bits per heavy atom. The minimum atomic E-state index is -0.567. The number of carbonyl (C=O) groups excluding carboxylic acids is 1. The van der Waals surface area contributed by atoms with Gasteiger partial charge in [0.1, 0.15) is 5.82 Å². The molecule has 0 saturated carbocycles. The van der Waals surface area contributed by atoms with Crippen molar-refractivity contribution in [3.05, 3.63) is 87.2 Å². The highest BCUT2D eigenvalue weighted by molar-refractivity contribution is 7.71. The lowest BCUT2D eigenvalue weighted by atomic mass is 10.1. The Morgan fingerprint density at radius 1 is 1.06 bits per heavy atom. The first-order valence-electron chi connectivity index (χ1n) is 9.26. The Kier molecular flexibility index (Phi) is 4.52. The summed E-state index contributed by atoms with van der Waals surface area (Å²) in [4.78, 5) is 28.6. The van der Waals surface area contributed by atoms with Gasteiger partial charge in [0.15, 0.2) is 16.3 Å². The first kappa shape index (κ1) is 19.0. The fraction of sp³-hybridized carbons (Fsp3) is 0.0455. The number of carbonyl (C=O) groups is 1. The van der Waals surface area contributed by atoms with E-state index in [1.165, 1.54) is 36.4 Å². The van der Waals surface area contributed by atoms with E-state index in [9.17, 15) is 14.0 Å². The largest absolute Gasteiger partial charge is 0.454 e. The molecular weight excluding hydrogens is 421 g/mol. The van der Waals surface area contributed by atoms with E-state index >= 15 is 0 Å². The molecule has 3 aromatic carbocycles. The quantitative estimate of drug-likeness (QED) is 0.472. The maximum atomic E-state index is 14.2. The van der Waals surface area contributed by atoms with Crippen LogP contribution < -0.4 is 20.3 Å². The third-order valence-corrected chi connectivity index (χ3v) is 5.17. The van der Waals surface area contributed by atoms with Crippen molar-refractivity contribution >= 4 is 34.7 Å². The molecule has 0 bridgehead atoms. The van der Waals surface area contributed by atoms with E-state index in [1.807, 2.05) is 0 Å². The van der Waals surface area contributed by atoms with Crippen LogP contribution in [0.25, 0.3) is 16.6 Å². The second kappa shape index (κ2) is 7.37. The molecule has 0 radical (unpaired) electrons. The Hall–Kier alpha value is -3.98. The molecule has 31 heavy (non-hydrogen) atoms. The first-order valence-corrected chi connectivity index (χ1v) is 9.67. The van der Waals surface area contributed by atoms with Gasteiger partial charge in [0.2, 0.25) is 6.79 Å². The Balaban J connectivity index is 1.51. The summed E-state index contributed by atoms with van der Waals surface area (Å²) in [6.07, 6.45) is 0. The third-order valence-electron chi connectivity index (χ3n) is 4.88. The third kappa shape index (κ3) is 3.34. The summed E-state index contributed by atoms with van der Waals surface area (Å²) in [7, 11) is 0. The zero-order valence-corrected chi connectivity index (χ0v) is 16.7. The fourth-order valence-electron chi connectivity index (χ4n) is 3.39. The van der Waals surface area contributed by atoms with Gasteiger partial charge in [-0.1, -0.05) is 12.1 Å². The molecule has 2 heterocycles. The minimum Gasteiger partial charge on any atom is -0.454 e. The molecule has 2 N–H and O–H groups in total. The number of benzene rings is 3. The molecule has 0 aliphatic carbocycles. The molecular formula is C22H14FN3O4S. The average molecular weight is 435 g/mol. The van der Waals surface area contributed by atoms with Gasteiger partial charge in [-0.15, -0.1) is 0 Å². The molecule has 0 atom stereocenters. The highest BCUT2D eigenvalue weighted by Gasteiger charge is 2.16. The van der Waals surface area contributed by atoms with Gasteiger partial charge in [-0.2, -0.15) is 0 Å². The molecule has 0 saturated heterocycles. The number of aromatic amines is 1. The van der Waals surface area contributed by atoms with Crippen molar-refractivity contribution in [2.45, 2.75) is 0 Å². The molecule has 9 heteroatoms. The molecule has 1 amide bonds. The molecule has 1 aliphatic heterocycles. The van der Waals surface area contributed by atoms with E-state index < -0.39 is 11.4 Å². The maximum absolute atomic E-state index is 14.2. The van der Waals surface area contributed by atoms with E-state index in [4.69, 9.17) is 21.7 Å². The summed E-state index contributed by atoms with van der Waals surface area (Å²) >= 11 is 5.28. The SMILES string of the molecule is O=C(Nc1ccc2c(c1)OCO2)c1ccc2c(=O)n(-c3ccccc3F)c(=S)[nH]c2c1. The second-order valence-electron chi connectivity index (χ2n) is 6.80. The first-order chi connectivity index (χ1) is 15.0. The van der Waals surface area contributed by atoms with Crippen LogP contribution in [0, 0.1) is 10.6 Å². The second-order valence-corrected chi connectivity index (χ2v) is 7.19. The molecule has 7 nitrogen and oxygen atoms in total. The van der Waals surface area contributed by atoms with Gasteiger partial charge in [0.25, 0.3) is 11.5 Å². The number of aromatic nitrogens is 2.